The number of phosphoric acid groups is 1. The molecule has 10 heteroatoms. The second-order valence-corrected chi connectivity index (χ2v) is 17.2. The van der Waals surface area contributed by atoms with E-state index in [-0.39, 0.29) is 18.9 Å². The van der Waals surface area contributed by atoms with Crippen molar-refractivity contribution in [1.82, 2.24) is 5.32 Å². The van der Waals surface area contributed by atoms with Gasteiger partial charge in [0.2, 0.25) is 5.91 Å². The molecular weight excluding hydrogens is 663 g/mol. The van der Waals surface area contributed by atoms with Crippen LogP contribution in [0.15, 0.2) is 12.2 Å². The zero-order chi connectivity index (χ0) is 38.1. The van der Waals surface area contributed by atoms with E-state index in [1.807, 2.05) is 21.1 Å². The Kier molecular flexibility index (Phi) is 33.2. The SMILES string of the molecule is CCCCCCCC/C=C\CCCCCCCC(=O)NC(COP(=O)([O-])OCC[N+](C)(C)C)C(O)C(O)CCCCCCCCCCCCCC. The van der Waals surface area contributed by atoms with E-state index >= 15 is 0 Å². The highest BCUT2D eigenvalue weighted by Gasteiger charge is 2.29. The maximum Gasteiger partial charge on any atom is 0.268 e. The van der Waals surface area contributed by atoms with Crippen LogP contribution in [-0.4, -0.2) is 79.8 Å². The molecule has 304 valence electrons. The lowest BCUT2D eigenvalue weighted by Gasteiger charge is -2.31. The van der Waals surface area contributed by atoms with Gasteiger partial charge in [0, 0.05) is 6.42 Å². The molecule has 0 rings (SSSR count). The zero-order valence-electron chi connectivity index (χ0n) is 33.9. The van der Waals surface area contributed by atoms with E-state index in [9.17, 15) is 24.5 Å². The molecule has 9 nitrogen and oxygen atoms in total. The fourth-order valence-electron chi connectivity index (χ4n) is 6.13. The molecule has 0 heterocycles. The van der Waals surface area contributed by atoms with Crippen molar-refractivity contribution in [2.75, 3.05) is 40.9 Å². The number of likely N-dealkylation sites (N-methyl/N-ethyl adjacent to an activating group) is 1. The second-order valence-electron chi connectivity index (χ2n) is 15.8. The Hall–Kier alpha value is -0.800. The van der Waals surface area contributed by atoms with Crippen molar-refractivity contribution in [2.24, 2.45) is 0 Å². The summed E-state index contributed by atoms with van der Waals surface area (Å²) in [6, 6.07) is -1.07. The van der Waals surface area contributed by atoms with Gasteiger partial charge >= 0.3 is 0 Å². The summed E-state index contributed by atoms with van der Waals surface area (Å²) in [7, 11) is 1.12. The highest BCUT2D eigenvalue weighted by molar-refractivity contribution is 7.45. The van der Waals surface area contributed by atoms with Crippen molar-refractivity contribution in [3.05, 3.63) is 12.2 Å². The maximum atomic E-state index is 12.8. The van der Waals surface area contributed by atoms with Gasteiger partial charge in [-0.3, -0.25) is 9.36 Å². The van der Waals surface area contributed by atoms with E-state index < -0.39 is 32.7 Å². The van der Waals surface area contributed by atoms with E-state index in [0.29, 0.717) is 23.9 Å². The van der Waals surface area contributed by atoms with E-state index in [4.69, 9.17) is 9.05 Å². The number of aliphatic hydroxyl groups is 2. The largest absolute Gasteiger partial charge is 0.756 e. The number of rotatable bonds is 38. The van der Waals surface area contributed by atoms with Crippen LogP contribution in [0.5, 0.6) is 0 Å². The number of carbonyl (C=O) groups excluding carboxylic acids is 1. The summed E-state index contributed by atoms with van der Waals surface area (Å²) in [6.07, 6.45) is 32.4. The van der Waals surface area contributed by atoms with Crippen LogP contribution in [0.25, 0.3) is 0 Å². The van der Waals surface area contributed by atoms with Crippen molar-refractivity contribution in [3.8, 4) is 0 Å². The van der Waals surface area contributed by atoms with Crippen molar-refractivity contribution in [2.45, 2.75) is 205 Å². The Balaban J connectivity index is 4.55. The predicted molar refractivity (Wildman–Crippen MR) is 212 cm³/mol. The summed E-state index contributed by atoms with van der Waals surface area (Å²) in [4.78, 5) is 25.3. The zero-order valence-corrected chi connectivity index (χ0v) is 34.8. The summed E-state index contributed by atoms with van der Waals surface area (Å²) in [5.74, 6) is -0.287. The molecule has 0 aliphatic heterocycles. The van der Waals surface area contributed by atoms with Crippen molar-refractivity contribution in [1.29, 1.82) is 0 Å². The number of phosphoric ester groups is 1. The average molecular weight is 747 g/mol. The van der Waals surface area contributed by atoms with Crippen LogP contribution >= 0.6 is 7.82 Å². The van der Waals surface area contributed by atoms with Crippen LogP contribution in [0, 0.1) is 0 Å². The molecule has 0 saturated carbocycles. The first-order chi connectivity index (χ1) is 24.4. The number of hydrogen-bond acceptors (Lipinski definition) is 7. The molecule has 0 radical (unpaired) electrons. The predicted octanol–water partition coefficient (Wildman–Crippen LogP) is 9.53. The summed E-state index contributed by atoms with van der Waals surface area (Å²) in [5.41, 5.74) is 0. The lowest BCUT2D eigenvalue weighted by molar-refractivity contribution is -0.870. The molecule has 0 bridgehead atoms. The van der Waals surface area contributed by atoms with E-state index in [1.54, 1.807) is 0 Å². The van der Waals surface area contributed by atoms with Crippen LogP contribution in [-0.2, 0) is 18.4 Å². The average Bonchev–Trinajstić information content (AvgIpc) is 3.07. The highest BCUT2D eigenvalue weighted by atomic mass is 31.2. The van der Waals surface area contributed by atoms with Gasteiger partial charge in [0.15, 0.2) is 0 Å². The minimum absolute atomic E-state index is 0.0408. The summed E-state index contributed by atoms with van der Waals surface area (Å²) in [6.45, 7) is 4.41. The van der Waals surface area contributed by atoms with Gasteiger partial charge in [-0.05, 0) is 38.5 Å². The van der Waals surface area contributed by atoms with Crippen LogP contribution < -0.4 is 10.2 Å². The van der Waals surface area contributed by atoms with Gasteiger partial charge in [0.25, 0.3) is 7.82 Å². The molecule has 3 N–H and O–H groups in total. The number of quaternary nitrogens is 1. The first-order valence-corrected chi connectivity index (χ1v) is 22.6. The van der Waals surface area contributed by atoms with Gasteiger partial charge in [-0.25, -0.2) is 0 Å². The smallest absolute Gasteiger partial charge is 0.268 e. The molecule has 51 heavy (non-hydrogen) atoms. The fourth-order valence-corrected chi connectivity index (χ4v) is 6.85. The molecule has 1 amide bonds. The van der Waals surface area contributed by atoms with Crippen LogP contribution in [0.4, 0.5) is 0 Å². The van der Waals surface area contributed by atoms with E-state index in [0.717, 1.165) is 51.4 Å². The Morgan fingerprint density at radius 1 is 0.686 bits per heavy atom. The molecule has 0 saturated heterocycles. The third kappa shape index (κ3) is 34.7. The molecule has 0 spiro atoms. The number of hydrogen-bond donors (Lipinski definition) is 3. The highest BCUT2D eigenvalue weighted by Crippen LogP contribution is 2.38. The lowest BCUT2D eigenvalue weighted by Crippen LogP contribution is -2.51. The van der Waals surface area contributed by atoms with Gasteiger partial charge in [-0.2, -0.15) is 0 Å². The Labute approximate surface area is 314 Å². The van der Waals surface area contributed by atoms with E-state index in [1.165, 1.54) is 103 Å². The molecule has 4 atom stereocenters. The first-order valence-electron chi connectivity index (χ1n) is 21.1. The minimum Gasteiger partial charge on any atom is -0.756 e. The number of carbonyl (C=O) groups is 1. The van der Waals surface area contributed by atoms with Crippen LogP contribution in [0.3, 0.4) is 0 Å². The topological polar surface area (TPSA) is 128 Å². The van der Waals surface area contributed by atoms with Gasteiger partial charge in [0.1, 0.15) is 19.3 Å². The normalized spacial score (nSPS) is 15.2. The second kappa shape index (κ2) is 33.7. The third-order valence-electron chi connectivity index (χ3n) is 9.60. The lowest BCUT2D eigenvalue weighted by atomic mass is 9.99. The number of aliphatic hydroxyl groups excluding tert-OH is 2. The first kappa shape index (κ1) is 50.2. The van der Waals surface area contributed by atoms with Crippen molar-refractivity contribution >= 4 is 13.7 Å². The number of nitrogens with one attached hydrogen (secondary N) is 1. The summed E-state index contributed by atoms with van der Waals surface area (Å²) in [5, 5.41) is 24.5. The summed E-state index contributed by atoms with van der Waals surface area (Å²) >= 11 is 0. The number of unbranched alkanes of at least 4 members (excludes halogenated alkanes) is 22. The Bertz CT molecular complexity index is 867. The van der Waals surface area contributed by atoms with Crippen LogP contribution in [0.1, 0.15) is 187 Å². The van der Waals surface area contributed by atoms with Gasteiger partial charge in [-0.1, -0.05) is 154 Å². The summed E-state index contributed by atoms with van der Waals surface area (Å²) < 4.78 is 23.1. The third-order valence-corrected chi connectivity index (χ3v) is 10.6. The standard InChI is InChI=1S/C41H83N2O7P/c1-6-8-10-12-14-16-18-20-21-22-24-26-28-30-32-34-40(45)42-38(37-50-51(47,48)49-36-35-43(3,4)5)41(46)39(44)33-31-29-27-25-23-19-17-15-13-11-9-7-2/h20-21,38-39,41,44,46H,6-19,22-37H2,1-5H3,(H-,42,45,47,48)/b21-20-. The van der Waals surface area contributed by atoms with Gasteiger partial charge < -0.3 is 34.0 Å². The molecular formula is C41H83N2O7P. The Morgan fingerprint density at radius 3 is 1.59 bits per heavy atom. The molecule has 0 aliphatic carbocycles. The number of amides is 1. The molecule has 4 unspecified atom stereocenters. The van der Waals surface area contributed by atoms with Gasteiger partial charge in [-0.15, -0.1) is 0 Å². The number of allylic oxidation sites excluding steroid dienone is 2. The van der Waals surface area contributed by atoms with Crippen molar-refractivity contribution < 1.29 is 38.0 Å². The quantitative estimate of drug-likeness (QED) is 0.0249. The molecule has 0 aromatic carbocycles. The maximum absolute atomic E-state index is 12.8. The molecule has 0 aromatic rings. The van der Waals surface area contributed by atoms with Crippen LogP contribution in [0.2, 0.25) is 0 Å². The molecule has 0 fully saturated rings. The van der Waals surface area contributed by atoms with Gasteiger partial charge in [0.05, 0.1) is 39.9 Å². The molecule has 0 aromatic heterocycles. The monoisotopic (exact) mass is 747 g/mol. The van der Waals surface area contributed by atoms with E-state index in [2.05, 4.69) is 31.3 Å². The van der Waals surface area contributed by atoms with Crippen molar-refractivity contribution in [3.63, 3.8) is 0 Å². The fraction of sp³-hybridized carbons (Fsp3) is 0.927. The minimum atomic E-state index is -4.66. The molecule has 0 aliphatic rings. The number of nitrogens with zero attached hydrogens (tertiary/aromatic N) is 1. The Morgan fingerprint density at radius 2 is 1.12 bits per heavy atom.